The largest absolute Gasteiger partial charge is 0.307 e. The summed E-state index contributed by atoms with van der Waals surface area (Å²) in [6.07, 6.45) is 3.35. The van der Waals surface area contributed by atoms with Crippen LogP contribution >= 0.6 is 0 Å². The van der Waals surface area contributed by atoms with Gasteiger partial charge in [-0.3, -0.25) is 0 Å². The molecule has 0 aliphatic carbocycles. The number of rotatable bonds is 2. The van der Waals surface area contributed by atoms with E-state index in [0.29, 0.717) is 0 Å². The first-order chi connectivity index (χ1) is 16.0. The maximum atomic E-state index is 2.55. The van der Waals surface area contributed by atoms with Crippen molar-refractivity contribution in [1.82, 2.24) is 4.40 Å². The molecule has 3 heterocycles. The van der Waals surface area contributed by atoms with Crippen LogP contribution in [0.5, 0.6) is 0 Å². The molecule has 6 aromatic rings. The van der Waals surface area contributed by atoms with E-state index in [4.69, 9.17) is 0 Å². The molecule has 0 unspecified atom stereocenters. The summed E-state index contributed by atoms with van der Waals surface area (Å²) in [7, 11) is 0.702. The number of nitrogens with zero attached hydrogens (tertiary/aromatic N) is 2. The number of aromatic nitrogens is 2. The fourth-order valence-electron chi connectivity index (χ4n) is 6.14. The van der Waals surface area contributed by atoms with Gasteiger partial charge >= 0.3 is 0 Å². The molecule has 0 aliphatic rings. The Morgan fingerprint density at radius 2 is 1.56 bits per heavy atom. The van der Waals surface area contributed by atoms with E-state index in [9.17, 15) is 0 Å². The number of aryl methyl sites for hydroxylation is 2. The van der Waals surface area contributed by atoms with Crippen LogP contribution in [0.2, 0.25) is 19.6 Å². The summed E-state index contributed by atoms with van der Waals surface area (Å²) >= 11 is 0. The van der Waals surface area contributed by atoms with Gasteiger partial charge in [-0.2, -0.15) is 0 Å². The minimum Gasteiger partial charge on any atom is -0.307 e. The topological polar surface area (TPSA) is 8.29 Å². The van der Waals surface area contributed by atoms with Gasteiger partial charge in [0.15, 0.2) is 6.20 Å². The molecule has 6 rings (SSSR count). The van der Waals surface area contributed by atoms with E-state index < -0.39 is 8.07 Å². The second-order valence-corrected chi connectivity index (χ2v) is 17.6. The van der Waals surface area contributed by atoms with E-state index >= 15 is 0 Å². The highest BCUT2D eigenvalue weighted by molar-refractivity contribution is 6.90. The Morgan fingerprint density at radius 1 is 0.824 bits per heavy atom. The first kappa shape index (κ1) is 21.6. The number of hydrogen-bond donors (Lipinski definition) is 0. The molecule has 0 amide bonds. The monoisotopic (exact) mass is 463 g/mol. The first-order valence-corrected chi connectivity index (χ1v) is 16.0. The third kappa shape index (κ3) is 2.96. The molecule has 0 spiro atoms. The Kier molecular flexibility index (Phi) is 4.34. The molecular formula is C31H35N2Si+. The predicted molar refractivity (Wildman–Crippen MR) is 151 cm³/mol. The number of pyridine rings is 2. The average molecular weight is 464 g/mol. The van der Waals surface area contributed by atoms with Gasteiger partial charge in [-0.15, -0.1) is 0 Å². The van der Waals surface area contributed by atoms with Crippen molar-refractivity contribution >= 4 is 62.3 Å². The van der Waals surface area contributed by atoms with Crippen molar-refractivity contribution in [3.63, 3.8) is 0 Å². The van der Waals surface area contributed by atoms with Crippen LogP contribution in [0.1, 0.15) is 31.9 Å². The molecule has 0 atom stereocenters. The van der Waals surface area contributed by atoms with Crippen LogP contribution in [-0.2, 0) is 13.5 Å². The van der Waals surface area contributed by atoms with Gasteiger partial charge in [0.25, 0.3) is 0 Å². The van der Waals surface area contributed by atoms with E-state index in [0.717, 1.165) is 6.42 Å². The normalized spacial score (nSPS) is 13.4. The summed E-state index contributed by atoms with van der Waals surface area (Å²) in [5, 5.41) is 8.51. The van der Waals surface area contributed by atoms with Gasteiger partial charge in [-0.25, -0.2) is 4.57 Å². The standard InChI is InChI=1S/C31H35N2Si/c1-19-9-11-21-23-17-20(18-31(2,3)4)10-12-24(23)33-25-13-14-26(34(6,7)8)22-15-16-32(5)30(28(22)25)27(19)29(21)33/h9-17H,18H2,1-8H3/q+1. The Balaban J connectivity index is 1.89. The number of fused-ring (bicyclic) bond motifs is 5. The third-order valence-corrected chi connectivity index (χ3v) is 9.55. The maximum Gasteiger partial charge on any atom is 0.224 e. The third-order valence-electron chi connectivity index (χ3n) is 7.50. The van der Waals surface area contributed by atoms with Gasteiger partial charge in [0, 0.05) is 16.8 Å². The van der Waals surface area contributed by atoms with Crippen molar-refractivity contribution < 1.29 is 4.57 Å². The summed E-state index contributed by atoms with van der Waals surface area (Å²) in [5.41, 5.74) is 8.40. The van der Waals surface area contributed by atoms with Gasteiger partial charge < -0.3 is 4.40 Å². The van der Waals surface area contributed by atoms with Gasteiger partial charge in [-0.05, 0) is 53.5 Å². The molecule has 0 N–H and O–H groups in total. The maximum absolute atomic E-state index is 2.55. The van der Waals surface area contributed by atoms with Crippen LogP contribution in [0, 0.1) is 12.3 Å². The molecule has 34 heavy (non-hydrogen) atoms. The quantitative estimate of drug-likeness (QED) is 0.111. The highest BCUT2D eigenvalue weighted by Crippen LogP contribution is 2.41. The lowest BCUT2D eigenvalue weighted by Gasteiger charge is -2.21. The highest BCUT2D eigenvalue weighted by Gasteiger charge is 2.27. The Morgan fingerprint density at radius 3 is 2.26 bits per heavy atom. The van der Waals surface area contributed by atoms with Crippen LogP contribution < -0.4 is 9.75 Å². The molecule has 0 radical (unpaired) electrons. The van der Waals surface area contributed by atoms with Crippen LogP contribution in [-0.4, -0.2) is 12.5 Å². The predicted octanol–water partition coefficient (Wildman–Crippen LogP) is 7.26. The molecular weight excluding hydrogens is 428 g/mol. The molecule has 2 nitrogen and oxygen atoms in total. The SMILES string of the molecule is Cc1ccc2c3cc(CC(C)(C)C)ccc3n3c4ccc([Si](C)(C)C)c5cc[n+](C)c(c1c23)c54. The van der Waals surface area contributed by atoms with Crippen molar-refractivity contribution in [2.75, 3.05) is 0 Å². The minimum absolute atomic E-state index is 0.268. The first-order valence-electron chi connectivity index (χ1n) is 12.5. The smallest absolute Gasteiger partial charge is 0.224 e. The minimum atomic E-state index is -1.50. The molecule has 0 saturated heterocycles. The molecule has 0 saturated carbocycles. The lowest BCUT2D eigenvalue weighted by atomic mass is 9.88. The van der Waals surface area contributed by atoms with Crippen LogP contribution in [0.3, 0.4) is 0 Å². The Hall–Kier alpha value is -2.91. The van der Waals surface area contributed by atoms with Gasteiger partial charge in [0.2, 0.25) is 5.52 Å². The van der Waals surface area contributed by atoms with Crippen molar-refractivity contribution in [3.05, 3.63) is 65.9 Å². The van der Waals surface area contributed by atoms with Crippen molar-refractivity contribution in [3.8, 4) is 0 Å². The second kappa shape index (κ2) is 6.82. The summed E-state index contributed by atoms with van der Waals surface area (Å²) in [4.78, 5) is 0. The van der Waals surface area contributed by atoms with Crippen molar-refractivity contribution in [1.29, 1.82) is 0 Å². The van der Waals surface area contributed by atoms with Gasteiger partial charge in [-0.1, -0.05) is 69.9 Å². The van der Waals surface area contributed by atoms with Gasteiger partial charge in [0.1, 0.15) is 7.05 Å². The Bertz CT molecular complexity index is 1760. The molecule has 3 aromatic carbocycles. The zero-order valence-electron chi connectivity index (χ0n) is 21.8. The molecule has 172 valence electrons. The van der Waals surface area contributed by atoms with E-state index in [1.54, 1.807) is 5.19 Å². The molecule has 3 heteroatoms. The highest BCUT2D eigenvalue weighted by atomic mass is 28.3. The zero-order chi connectivity index (χ0) is 24.2. The number of benzene rings is 3. The molecule has 0 fully saturated rings. The molecule has 0 bridgehead atoms. The van der Waals surface area contributed by atoms with Crippen LogP contribution in [0.4, 0.5) is 0 Å². The lowest BCUT2D eigenvalue weighted by molar-refractivity contribution is -0.643. The van der Waals surface area contributed by atoms with E-state index in [2.05, 4.69) is 118 Å². The van der Waals surface area contributed by atoms with Crippen molar-refractivity contribution in [2.24, 2.45) is 12.5 Å². The van der Waals surface area contributed by atoms with Crippen LogP contribution in [0.25, 0.3) is 49.0 Å². The van der Waals surface area contributed by atoms with Crippen LogP contribution in [0.15, 0.2) is 54.7 Å². The molecule has 3 aromatic heterocycles. The Labute approximate surface area is 203 Å². The zero-order valence-corrected chi connectivity index (χ0v) is 22.8. The lowest BCUT2D eigenvalue weighted by Crippen LogP contribution is -2.39. The fraction of sp³-hybridized carbons (Fsp3) is 0.323. The van der Waals surface area contributed by atoms with E-state index in [1.165, 1.54) is 60.1 Å². The number of hydrogen-bond acceptors (Lipinski definition) is 0. The summed E-state index contributed by atoms with van der Waals surface area (Å²) in [6.45, 7) is 16.6. The van der Waals surface area contributed by atoms with E-state index in [1.807, 2.05) is 0 Å². The van der Waals surface area contributed by atoms with Crippen molar-refractivity contribution in [2.45, 2.75) is 53.8 Å². The fourth-order valence-corrected chi connectivity index (χ4v) is 7.74. The van der Waals surface area contributed by atoms with Gasteiger partial charge in [0.05, 0.1) is 35.4 Å². The summed E-state index contributed by atoms with van der Waals surface area (Å²) < 4.78 is 4.89. The summed E-state index contributed by atoms with van der Waals surface area (Å²) in [6, 6.07) is 19.0. The average Bonchev–Trinajstić information content (AvgIpc) is 3.06. The van der Waals surface area contributed by atoms with E-state index in [-0.39, 0.29) is 5.41 Å². The second-order valence-electron chi connectivity index (χ2n) is 12.5. The molecule has 0 aliphatic heterocycles. The summed E-state index contributed by atoms with van der Waals surface area (Å²) in [5.74, 6) is 0.